The van der Waals surface area contributed by atoms with Crippen LogP contribution in [0.4, 0.5) is 0 Å². The summed E-state index contributed by atoms with van der Waals surface area (Å²) in [6.45, 7) is 0.616. The number of amides is 2. The minimum Gasteiger partial charge on any atom is -0.394 e. The number of rotatable bonds is 12. The third-order valence-corrected chi connectivity index (χ3v) is 4.82. The van der Waals surface area contributed by atoms with Crippen molar-refractivity contribution >= 4 is 20.1 Å². The Morgan fingerprint density at radius 3 is 2.69 bits per heavy atom. The average Bonchev–Trinajstić information content (AvgIpc) is 3.00. The maximum absolute atomic E-state index is 12.3. The molecule has 0 radical (unpaired) electrons. The molecule has 0 aromatic heterocycles. The summed E-state index contributed by atoms with van der Waals surface area (Å²) in [4.78, 5) is 34.1. The Balaban J connectivity index is 2.16. The number of nitrogens with zero attached hydrogens (tertiary/aromatic N) is 1. The lowest BCUT2D eigenvalue weighted by molar-refractivity contribution is -0.133. The van der Waals surface area contributed by atoms with E-state index in [4.69, 9.17) is 15.8 Å². The molecule has 1 aliphatic rings. The molecule has 148 valence electrons. The summed E-state index contributed by atoms with van der Waals surface area (Å²) in [5, 5.41) is 12.2. The molecule has 2 amide bonds. The molecule has 0 bridgehead atoms. The first-order valence-corrected chi connectivity index (χ1v) is 10.2. The molecular weight excluding hydrogens is 359 g/mol. The van der Waals surface area contributed by atoms with E-state index in [9.17, 15) is 19.3 Å². The normalized spacial score (nSPS) is 20.6. The number of unbranched alkanes of at least 4 members (excludes halogenated alkanes) is 3. The molecule has 0 aliphatic carbocycles. The molecule has 0 spiro atoms. The Labute approximate surface area is 155 Å². The van der Waals surface area contributed by atoms with Crippen molar-refractivity contribution in [3.8, 4) is 12.3 Å². The van der Waals surface area contributed by atoms with Crippen molar-refractivity contribution in [1.29, 1.82) is 0 Å². The SMILES string of the molecule is C#CCCCC(=O)NCCCCCC(=O)N1C[C@H](O[PH](=O)O)C[C@H]1CO. The van der Waals surface area contributed by atoms with Crippen LogP contribution in [-0.2, 0) is 18.7 Å². The molecule has 1 aliphatic heterocycles. The lowest BCUT2D eigenvalue weighted by atomic mass is 10.1. The zero-order valence-electron chi connectivity index (χ0n) is 15.0. The van der Waals surface area contributed by atoms with E-state index in [1.165, 1.54) is 4.90 Å². The molecule has 9 heteroatoms. The molecule has 0 saturated carbocycles. The molecule has 0 aromatic carbocycles. The van der Waals surface area contributed by atoms with Crippen LogP contribution in [0, 0.1) is 12.3 Å². The van der Waals surface area contributed by atoms with Crippen LogP contribution >= 0.6 is 8.25 Å². The highest BCUT2D eigenvalue weighted by molar-refractivity contribution is 7.32. The van der Waals surface area contributed by atoms with Crippen molar-refractivity contribution in [2.75, 3.05) is 19.7 Å². The number of terminal acetylenes is 1. The highest BCUT2D eigenvalue weighted by atomic mass is 31.1. The summed E-state index contributed by atoms with van der Waals surface area (Å²) in [5.74, 6) is 2.40. The van der Waals surface area contributed by atoms with Crippen molar-refractivity contribution in [2.24, 2.45) is 0 Å². The Kier molecular flexibility index (Phi) is 11.2. The number of nitrogens with one attached hydrogen (secondary N) is 1. The van der Waals surface area contributed by atoms with E-state index < -0.39 is 14.4 Å². The van der Waals surface area contributed by atoms with Gasteiger partial charge in [0.25, 0.3) is 0 Å². The zero-order chi connectivity index (χ0) is 19.4. The second-order valence-electron chi connectivity index (χ2n) is 6.34. The monoisotopic (exact) mass is 388 g/mol. The fourth-order valence-electron chi connectivity index (χ4n) is 2.97. The summed E-state index contributed by atoms with van der Waals surface area (Å²) in [6.07, 6.45) is 9.33. The fourth-order valence-corrected chi connectivity index (χ4v) is 3.42. The molecule has 3 atom stereocenters. The number of aliphatic hydroxyl groups is 1. The number of carbonyl (C=O) groups excluding carboxylic acids is 2. The van der Waals surface area contributed by atoms with Crippen LogP contribution in [0.2, 0.25) is 0 Å². The van der Waals surface area contributed by atoms with Crippen molar-refractivity contribution < 1.29 is 28.7 Å². The van der Waals surface area contributed by atoms with Gasteiger partial charge in [-0.2, -0.15) is 0 Å². The molecule has 0 aromatic rings. The first kappa shape index (κ1) is 22.7. The highest BCUT2D eigenvalue weighted by Gasteiger charge is 2.35. The minimum absolute atomic E-state index is 0.00612. The van der Waals surface area contributed by atoms with Crippen molar-refractivity contribution in [3.63, 3.8) is 0 Å². The van der Waals surface area contributed by atoms with Gasteiger partial charge in [-0.3, -0.25) is 14.2 Å². The maximum Gasteiger partial charge on any atom is 0.316 e. The first-order valence-electron chi connectivity index (χ1n) is 8.98. The van der Waals surface area contributed by atoms with Crippen LogP contribution in [0.5, 0.6) is 0 Å². The minimum atomic E-state index is -3.05. The lowest BCUT2D eigenvalue weighted by Gasteiger charge is -2.22. The zero-order valence-corrected chi connectivity index (χ0v) is 16.0. The van der Waals surface area contributed by atoms with Gasteiger partial charge in [0, 0.05) is 32.4 Å². The second kappa shape index (κ2) is 12.9. The van der Waals surface area contributed by atoms with Crippen LogP contribution in [0.1, 0.15) is 51.4 Å². The fraction of sp³-hybridized carbons (Fsp3) is 0.765. The second-order valence-corrected chi connectivity index (χ2v) is 7.11. The third-order valence-electron chi connectivity index (χ3n) is 4.29. The molecule has 26 heavy (non-hydrogen) atoms. The topological polar surface area (TPSA) is 116 Å². The van der Waals surface area contributed by atoms with Crippen molar-refractivity contribution in [3.05, 3.63) is 0 Å². The molecule has 1 heterocycles. The average molecular weight is 388 g/mol. The summed E-state index contributed by atoms with van der Waals surface area (Å²) >= 11 is 0. The Morgan fingerprint density at radius 2 is 2.04 bits per heavy atom. The first-order chi connectivity index (χ1) is 12.5. The number of hydrogen-bond acceptors (Lipinski definition) is 5. The van der Waals surface area contributed by atoms with Gasteiger partial charge in [-0.15, -0.1) is 12.3 Å². The van der Waals surface area contributed by atoms with E-state index >= 15 is 0 Å². The smallest absolute Gasteiger partial charge is 0.316 e. The van der Waals surface area contributed by atoms with Gasteiger partial charge in [0.2, 0.25) is 11.8 Å². The van der Waals surface area contributed by atoms with E-state index in [0.29, 0.717) is 45.1 Å². The van der Waals surface area contributed by atoms with E-state index in [-0.39, 0.29) is 31.0 Å². The maximum atomic E-state index is 12.3. The summed E-state index contributed by atoms with van der Waals surface area (Å²) in [6, 6.07) is -0.365. The van der Waals surface area contributed by atoms with Crippen LogP contribution < -0.4 is 5.32 Å². The van der Waals surface area contributed by atoms with Crippen LogP contribution in [-0.4, -0.2) is 58.6 Å². The van der Waals surface area contributed by atoms with Gasteiger partial charge >= 0.3 is 8.25 Å². The molecule has 8 nitrogen and oxygen atoms in total. The largest absolute Gasteiger partial charge is 0.394 e. The standard InChI is InChI=1S/C17H29N2O6P/c1-2-3-5-8-16(21)18-10-7-4-6-9-17(22)19-12-15(25-26(23)24)11-14(19)13-20/h1,14-15,20,26H,3-13H2,(H,18,21)(H,23,24)/t14-,15+/m0/s1. The Morgan fingerprint density at radius 1 is 1.27 bits per heavy atom. The van der Waals surface area contributed by atoms with Gasteiger partial charge in [0.1, 0.15) is 0 Å². The molecular formula is C17H29N2O6P. The lowest BCUT2D eigenvalue weighted by Crippen LogP contribution is -2.37. The van der Waals surface area contributed by atoms with Gasteiger partial charge in [-0.25, -0.2) is 0 Å². The van der Waals surface area contributed by atoms with Gasteiger partial charge in [0.05, 0.1) is 18.8 Å². The quantitative estimate of drug-likeness (QED) is 0.259. The highest BCUT2D eigenvalue weighted by Crippen LogP contribution is 2.28. The van der Waals surface area contributed by atoms with E-state index in [1.807, 2.05) is 0 Å². The molecule has 1 unspecified atom stereocenters. The Bertz CT molecular complexity index is 522. The number of likely N-dealkylation sites (tertiary alicyclic amines) is 1. The number of aliphatic hydroxyl groups excluding tert-OH is 1. The van der Waals surface area contributed by atoms with Crippen molar-refractivity contribution in [1.82, 2.24) is 10.2 Å². The van der Waals surface area contributed by atoms with Gasteiger partial charge < -0.3 is 24.7 Å². The predicted octanol–water partition coefficient (Wildman–Crippen LogP) is 0.827. The van der Waals surface area contributed by atoms with Crippen molar-refractivity contribution in [2.45, 2.75) is 63.5 Å². The van der Waals surface area contributed by atoms with Gasteiger partial charge in [0.15, 0.2) is 0 Å². The van der Waals surface area contributed by atoms with Crippen LogP contribution in [0.15, 0.2) is 0 Å². The summed E-state index contributed by atoms with van der Waals surface area (Å²) in [5.41, 5.74) is 0. The number of carbonyl (C=O) groups is 2. The summed E-state index contributed by atoms with van der Waals surface area (Å²) < 4.78 is 15.7. The third kappa shape index (κ3) is 8.81. The molecule has 3 N–H and O–H groups in total. The van der Waals surface area contributed by atoms with Crippen LogP contribution in [0.3, 0.4) is 0 Å². The van der Waals surface area contributed by atoms with Crippen LogP contribution in [0.25, 0.3) is 0 Å². The van der Waals surface area contributed by atoms with E-state index in [2.05, 4.69) is 11.2 Å². The van der Waals surface area contributed by atoms with E-state index in [0.717, 1.165) is 12.8 Å². The predicted molar refractivity (Wildman–Crippen MR) is 97.5 cm³/mol. The molecule has 1 saturated heterocycles. The van der Waals surface area contributed by atoms with Gasteiger partial charge in [-0.05, 0) is 25.7 Å². The summed E-state index contributed by atoms with van der Waals surface area (Å²) in [7, 11) is -3.05. The Hall–Kier alpha value is -1.39. The van der Waals surface area contributed by atoms with Gasteiger partial charge in [-0.1, -0.05) is 6.42 Å². The molecule has 1 rings (SSSR count). The molecule has 1 fully saturated rings. The number of hydrogen-bond donors (Lipinski definition) is 3. The van der Waals surface area contributed by atoms with E-state index in [1.54, 1.807) is 0 Å².